The highest BCUT2D eigenvalue weighted by molar-refractivity contribution is 5.15. The molecule has 0 radical (unpaired) electrons. The molecule has 86 valence electrons. The Morgan fingerprint density at radius 3 is 2.27 bits per heavy atom. The molecule has 0 saturated heterocycles. The Balaban J connectivity index is 2.13. The molecule has 0 spiro atoms. The molecule has 0 heterocycles. The van der Waals surface area contributed by atoms with Crippen LogP contribution in [0.4, 0.5) is 0 Å². The Bertz CT molecular complexity index is 303. The van der Waals surface area contributed by atoms with Crippen molar-refractivity contribution in [3.63, 3.8) is 0 Å². The van der Waals surface area contributed by atoms with E-state index in [2.05, 4.69) is 34.6 Å². The second-order valence-corrected chi connectivity index (χ2v) is 7.87. The Hall–Kier alpha value is 0. The molecular formula is C15H26. The van der Waals surface area contributed by atoms with E-state index >= 15 is 0 Å². The first-order valence-electron chi connectivity index (χ1n) is 6.80. The molecule has 0 nitrogen and oxygen atoms in total. The zero-order chi connectivity index (χ0) is 11.1. The molecule has 15 heavy (non-hydrogen) atoms. The van der Waals surface area contributed by atoms with E-state index in [1.807, 2.05) is 0 Å². The van der Waals surface area contributed by atoms with Crippen LogP contribution in [0.5, 0.6) is 0 Å². The van der Waals surface area contributed by atoms with Gasteiger partial charge in [-0.2, -0.15) is 0 Å². The maximum Gasteiger partial charge on any atom is -0.0238 e. The first-order chi connectivity index (χ1) is 6.80. The summed E-state index contributed by atoms with van der Waals surface area (Å²) in [6.07, 6.45) is 6.07. The molecule has 0 aromatic heterocycles. The van der Waals surface area contributed by atoms with Crippen molar-refractivity contribution in [1.29, 1.82) is 0 Å². The summed E-state index contributed by atoms with van der Waals surface area (Å²) in [6, 6.07) is 0. The second kappa shape index (κ2) is 2.46. The van der Waals surface area contributed by atoms with E-state index in [4.69, 9.17) is 0 Å². The third-order valence-corrected chi connectivity index (χ3v) is 7.45. The van der Waals surface area contributed by atoms with Crippen molar-refractivity contribution in [2.45, 2.75) is 60.3 Å². The van der Waals surface area contributed by atoms with E-state index in [1.54, 1.807) is 6.42 Å². The Labute approximate surface area is 94.8 Å². The van der Waals surface area contributed by atoms with Crippen LogP contribution in [-0.4, -0.2) is 0 Å². The summed E-state index contributed by atoms with van der Waals surface area (Å²) in [7, 11) is 0. The average Bonchev–Trinajstić information content (AvgIpc) is 2.11. The van der Waals surface area contributed by atoms with E-state index in [9.17, 15) is 0 Å². The minimum Gasteiger partial charge on any atom is -0.0617 e. The largest absolute Gasteiger partial charge is 0.0617 e. The Kier molecular flexibility index (Phi) is 1.67. The number of hydrogen-bond donors (Lipinski definition) is 0. The van der Waals surface area contributed by atoms with Crippen molar-refractivity contribution in [3.8, 4) is 0 Å². The van der Waals surface area contributed by atoms with E-state index < -0.39 is 0 Å². The van der Waals surface area contributed by atoms with Crippen LogP contribution >= 0.6 is 0 Å². The van der Waals surface area contributed by atoms with Crippen molar-refractivity contribution < 1.29 is 0 Å². The second-order valence-electron chi connectivity index (χ2n) is 7.87. The summed E-state index contributed by atoms with van der Waals surface area (Å²) in [5.74, 6) is 3.06. The average molecular weight is 206 g/mol. The summed E-state index contributed by atoms with van der Waals surface area (Å²) in [5, 5.41) is 0. The lowest BCUT2D eigenvalue weighted by molar-refractivity contribution is -0.232. The molecule has 0 N–H and O–H groups in total. The van der Waals surface area contributed by atoms with E-state index in [0.29, 0.717) is 16.2 Å². The Morgan fingerprint density at radius 2 is 1.60 bits per heavy atom. The molecule has 4 rings (SSSR count). The zero-order valence-corrected chi connectivity index (χ0v) is 11.1. The van der Waals surface area contributed by atoms with E-state index in [0.717, 1.165) is 17.8 Å². The van der Waals surface area contributed by atoms with Crippen LogP contribution in [0.15, 0.2) is 0 Å². The summed E-state index contributed by atoms with van der Waals surface area (Å²) in [5.41, 5.74) is 1.80. The lowest BCUT2D eigenvalue weighted by atomic mass is 9.32. The summed E-state index contributed by atoms with van der Waals surface area (Å²) in [6.45, 7) is 12.8. The van der Waals surface area contributed by atoms with Gasteiger partial charge < -0.3 is 0 Å². The van der Waals surface area contributed by atoms with Gasteiger partial charge in [0.1, 0.15) is 0 Å². The fraction of sp³-hybridized carbons (Fsp3) is 1.00. The van der Waals surface area contributed by atoms with Gasteiger partial charge in [-0.3, -0.25) is 0 Å². The quantitative estimate of drug-likeness (QED) is 0.547. The minimum atomic E-state index is 0.548. The minimum absolute atomic E-state index is 0.548. The van der Waals surface area contributed by atoms with E-state index in [-0.39, 0.29) is 0 Å². The van der Waals surface area contributed by atoms with E-state index in [1.165, 1.54) is 19.3 Å². The Morgan fingerprint density at radius 1 is 0.933 bits per heavy atom. The zero-order valence-electron chi connectivity index (χ0n) is 11.1. The molecule has 0 aromatic rings. The topological polar surface area (TPSA) is 0 Å². The van der Waals surface area contributed by atoms with Crippen LogP contribution in [-0.2, 0) is 0 Å². The normalized spacial score (nSPS) is 61.0. The van der Waals surface area contributed by atoms with Gasteiger partial charge in [-0.25, -0.2) is 0 Å². The molecule has 4 aliphatic rings. The highest BCUT2D eigenvalue weighted by Gasteiger charge is 2.66. The van der Waals surface area contributed by atoms with Crippen LogP contribution in [0, 0.1) is 34.0 Å². The van der Waals surface area contributed by atoms with Gasteiger partial charge in [0.05, 0.1) is 0 Å². The van der Waals surface area contributed by atoms with Crippen LogP contribution in [0.25, 0.3) is 0 Å². The fourth-order valence-electron chi connectivity index (χ4n) is 5.76. The van der Waals surface area contributed by atoms with Crippen LogP contribution in [0.2, 0.25) is 0 Å². The van der Waals surface area contributed by atoms with Crippen molar-refractivity contribution in [3.05, 3.63) is 0 Å². The molecule has 4 fully saturated rings. The number of hydrogen-bond acceptors (Lipinski definition) is 0. The predicted octanol–water partition coefficient (Wildman–Crippen LogP) is 4.49. The van der Waals surface area contributed by atoms with Crippen molar-refractivity contribution in [2.24, 2.45) is 34.0 Å². The van der Waals surface area contributed by atoms with Crippen molar-refractivity contribution in [1.82, 2.24) is 0 Å². The third-order valence-electron chi connectivity index (χ3n) is 7.45. The van der Waals surface area contributed by atoms with Crippen molar-refractivity contribution in [2.75, 3.05) is 0 Å². The maximum absolute atomic E-state index is 2.59. The molecular weight excluding hydrogens is 180 g/mol. The summed E-state index contributed by atoms with van der Waals surface area (Å²) < 4.78 is 0. The first-order valence-corrected chi connectivity index (χ1v) is 6.80. The molecule has 0 amide bonds. The van der Waals surface area contributed by atoms with Gasteiger partial charge in [0, 0.05) is 0 Å². The van der Waals surface area contributed by atoms with Crippen LogP contribution in [0.1, 0.15) is 60.3 Å². The van der Waals surface area contributed by atoms with Gasteiger partial charge in [-0.1, -0.05) is 34.6 Å². The highest BCUT2D eigenvalue weighted by Crippen LogP contribution is 2.74. The van der Waals surface area contributed by atoms with Gasteiger partial charge in [-0.05, 0) is 59.7 Å². The molecule has 4 saturated carbocycles. The van der Waals surface area contributed by atoms with Gasteiger partial charge in [-0.15, -0.1) is 0 Å². The van der Waals surface area contributed by atoms with Gasteiger partial charge >= 0.3 is 0 Å². The van der Waals surface area contributed by atoms with Gasteiger partial charge in [0.2, 0.25) is 0 Å². The first kappa shape index (κ1) is 10.2. The van der Waals surface area contributed by atoms with Crippen LogP contribution < -0.4 is 0 Å². The lowest BCUT2D eigenvalue weighted by Gasteiger charge is -2.72. The smallest absolute Gasteiger partial charge is 0.0238 e. The standard InChI is InChI=1S/C15H26/c1-10-12-6-11-7-14(4,9-12)13(2,3)15(10,5)8-11/h10-12H,6-9H2,1-5H3. The van der Waals surface area contributed by atoms with Crippen molar-refractivity contribution >= 4 is 0 Å². The molecule has 0 aliphatic heterocycles. The van der Waals surface area contributed by atoms with Gasteiger partial charge in [0.25, 0.3) is 0 Å². The van der Waals surface area contributed by atoms with Gasteiger partial charge in [0.15, 0.2) is 0 Å². The number of rotatable bonds is 0. The predicted molar refractivity (Wildman–Crippen MR) is 64.6 cm³/mol. The lowest BCUT2D eigenvalue weighted by Crippen LogP contribution is -2.64. The molecule has 4 aliphatic carbocycles. The van der Waals surface area contributed by atoms with Crippen LogP contribution in [0.3, 0.4) is 0 Å². The summed E-state index contributed by atoms with van der Waals surface area (Å²) >= 11 is 0. The maximum atomic E-state index is 2.59. The molecule has 5 unspecified atom stereocenters. The SMILES string of the molecule is CC1C2CC3CC(C)(C2)C(C)(C)C1(C)C3. The molecule has 5 atom stereocenters. The molecule has 4 bridgehead atoms. The fourth-order valence-corrected chi connectivity index (χ4v) is 5.76. The third kappa shape index (κ3) is 0.913. The monoisotopic (exact) mass is 206 g/mol. The molecule has 0 aromatic carbocycles. The highest BCUT2D eigenvalue weighted by atomic mass is 14.7. The summed E-state index contributed by atoms with van der Waals surface area (Å²) in [4.78, 5) is 0. The molecule has 0 heteroatoms.